The Bertz CT molecular complexity index is 1040. The van der Waals surface area contributed by atoms with Crippen molar-refractivity contribution in [2.24, 2.45) is 7.05 Å². The molecule has 28 heavy (non-hydrogen) atoms. The Kier molecular flexibility index (Phi) is 4.88. The normalized spacial score (nSPS) is 11.5. The molecule has 3 rings (SSSR count). The number of amides is 1. The second kappa shape index (κ2) is 7.02. The topological polar surface area (TPSA) is 38.1 Å². The molecule has 1 heterocycles. The minimum Gasteiger partial charge on any atom is -0.279 e. The van der Waals surface area contributed by atoms with Gasteiger partial charge in [-0.1, -0.05) is 6.07 Å². The van der Waals surface area contributed by atoms with Gasteiger partial charge < -0.3 is 0 Å². The molecule has 0 atom stereocenters. The van der Waals surface area contributed by atoms with Crippen molar-refractivity contribution in [2.75, 3.05) is 4.90 Å². The van der Waals surface area contributed by atoms with Gasteiger partial charge in [0.15, 0.2) is 17.3 Å². The van der Waals surface area contributed by atoms with Crippen molar-refractivity contribution < 1.29 is 31.1 Å². The van der Waals surface area contributed by atoms with E-state index in [4.69, 9.17) is 0 Å². The molecule has 3 aromatic rings. The molecule has 0 fully saturated rings. The molecule has 0 saturated heterocycles. The quantitative estimate of drug-likeness (QED) is 0.466. The number of benzene rings is 2. The first-order valence-electron chi connectivity index (χ1n) is 7.72. The van der Waals surface area contributed by atoms with Gasteiger partial charge in [0, 0.05) is 18.8 Å². The van der Waals surface area contributed by atoms with Gasteiger partial charge >= 0.3 is 6.18 Å². The molecule has 1 aromatic heterocycles. The minimum absolute atomic E-state index is 0.0299. The first-order chi connectivity index (χ1) is 13.1. The fourth-order valence-corrected chi connectivity index (χ4v) is 2.71. The Morgan fingerprint density at radius 1 is 1.00 bits per heavy atom. The molecule has 0 saturated carbocycles. The number of nitrogens with zero attached hydrogens (tertiary/aromatic N) is 3. The van der Waals surface area contributed by atoms with E-state index >= 15 is 0 Å². The Morgan fingerprint density at radius 3 is 2.32 bits per heavy atom. The predicted octanol–water partition coefficient (Wildman–Crippen LogP) is 4.82. The van der Waals surface area contributed by atoms with Crippen LogP contribution in [-0.4, -0.2) is 16.2 Å². The van der Waals surface area contributed by atoms with Crippen molar-refractivity contribution in [2.45, 2.75) is 6.18 Å². The largest absolute Gasteiger partial charge is 0.437 e. The highest BCUT2D eigenvalue weighted by Gasteiger charge is 2.39. The molecule has 0 radical (unpaired) electrons. The standard InChI is InChI=1S/C18H11F6N3O/c1-26-8-16(17(25-26)18(22,23)24)27(9-28)15-5-3-11(19)7-12(15)10-2-4-13(20)14(21)6-10/h2-9H,1H3. The summed E-state index contributed by atoms with van der Waals surface area (Å²) in [6.07, 6.45) is -3.79. The van der Waals surface area contributed by atoms with E-state index in [2.05, 4.69) is 5.10 Å². The predicted molar refractivity (Wildman–Crippen MR) is 88.2 cm³/mol. The van der Waals surface area contributed by atoms with Crippen LogP contribution in [0.15, 0.2) is 42.6 Å². The van der Waals surface area contributed by atoms with Crippen LogP contribution in [0, 0.1) is 17.5 Å². The maximum atomic E-state index is 13.8. The van der Waals surface area contributed by atoms with E-state index in [1.807, 2.05) is 0 Å². The van der Waals surface area contributed by atoms with Gasteiger partial charge in [0.2, 0.25) is 6.41 Å². The number of hydrogen-bond donors (Lipinski definition) is 0. The summed E-state index contributed by atoms with van der Waals surface area (Å²) in [5, 5.41) is 3.33. The maximum absolute atomic E-state index is 13.8. The number of hydrogen-bond acceptors (Lipinski definition) is 2. The highest BCUT2D eigenvalue weighted by Crippen LogP contribution is 2.41. The lowest BCUT2D eigenvalue weighted by atomic mass is 10.0. The molecule has 10 heteroatoms. The van der Waals surface area contributed by atoms with E-state index < -0.39 is 35.0 Å². The molecule has 1 amide bonds. The third-order valence-corrected chi connectivity index (χ3v) is 3.89. The van der Waals surface area contributed by atoms with Crippen LogP contribution in [0.25, 0.3) is 11.1 Å². The van der Waals surface area contributed by atoms with Crippen LogP contribution >= 0.6 is 0 Å². The zero-order valence-electron chi connectivity index (χ0n) is 14.1. The van der Waals surface area contributed by atoms with Crippen molar-refractivity contribution in [3.05, 3.63) is 65.7 Å². The number of carbonyl (C=O) groups is 1. The summed E-state index contributed by atoms with van der Waals surface area (Å²) in [6.45, 7) is 0. The van der Waals surface area contributed by atoms with Gasteiger partial charge in [-0.2, -0.15) is 18.3 Å². The van der Waals surface area contributed by atoms with E-state index in [9.17, 15) is 31.1 Å². The smallest absolute Gasteiger partial charge is 0.279 e. The zero-order chi connectivity index (χ0) is 20.6. The summed E-state index contributed by atoms with van der Waals surface area (Å²) in [5.74, 6) is -3.17. The summed E-state index contributed by atoms with van der Waals surface area (Å²) >= 11 is 0. The van der Waals surface area contributed by atoms with Crippen molar-refractivity contribution in [3.63, 3.8) is 0 Å². The van der Waals surface area contributed by atoms with Crippen LogP contribution in [0.1, 0.15) is 5.69 Å². The molecule has 0 spiro atoms. The zero-order valence-corrected chi connectivity index (χ0v) is 14.1. The van der Waals surface area contributed by atoms with Gasteiger partial charge in [-0.15, -0.1) is 0 Å². The molecular formula is C18H11F6N3O. The van der Waals surface area contributed by atoms with E-state index in [1.165, 1.54) is 7.05 Å². The fourth-order valence-electron chi connectivity index (χ4n) is 2.71. The molecule has 4 nitrogen and oxygen atoms in total. The van der Waals surface area contributed by atoms with Crippen LogP contribution in [0.3, 0.4) is 0 Å². The Hall–Kier alpha value is -3.30. The van der Waals surface area contributed by atoms with Crippen LogP contribution in [-0.2, 0) is 18.0 Å². The third-order valence-electron chi connectivity index (χ3n) is 3.89. The number of alkyl halides is 3. The second-order valence-corrected chi connectivity index (χ2v) is 5.80. The lowest BCUT2D eigenvalue weighted by Crippen LogP contribution is -2.19. The highest BCUT2D eigenvalue weighted by atomic mass is 19.4. The first kappa shape index (κ1) is 19.5. The lowest BCUT2D eigenvalue weighted by molar-refractivity contribution is -0.140. The van der Waals surface area contributed by atoms with Gasteiger partial charge in [0.05, 0.1) is 11.4 Å². The molecule has 0 bridgehead atoms. The summed E-state index contributed by atoms with van der Waals surface area (Å²) in [6, 6.07) is 5.56. The summed E-state index contributed by atoms with van der Waals surface area (Å²) in [5.41, 5.74) is -2.23. The van der Waals surface area contributed by atoms with Gasteiger partial charge in [0.1, 0.15) is 5.82 Å². The SMILES string of the molecule is Cn1cc(N(C=O)c2ccc(F)cc2-c2ccc(F)c(F)c2)c(C(F)(F)F)n1. The van der Waals surface area contributed by atoms with Crippen molar-refractivity contribution in [3.8, 4) is 11.1 Å². The molecule has 2 aromatic carbocycles. The van der Waals surface area contributed by atoms with Gasteiger partial charge in [-0.3, -0.25) is 14.4 Å². The van der Waals surface area contributed by atoms with E-state index in [1.54, 1.807) is 0 Å². The molecule has 0 N–H and O–H groups in total. The van der Waals surface area contributed by atoms with Crippen molar-refractivity contribution in [1.82, 2.24) is 9.78 Å². The van der Waals surface area contributed by atoms with Gasteiger partial charge in [-0.25, -0.2) is 13.2 Å². The molecule has 0 aliphatic heterocycles. The molecule has 146 valence electrons. The monoisotopic (exact) mass is 399 g/mol. The lowest BCUT2D eigenvalue weighted by Gasteiger charge is -2.21. The number of carbonyl (C=O) groups excluding carboxylic acids is 1. The summed E-state index contributed by atoms with van der Waals surface area (Å²) in [4.78, 5) is 12.3. The average molecular weight is 399 g/mol. The van der Waals surface area contributed by atoms with Crippen molar-refractivity contribution in [1.29, 1.82) is 0 Å². The number of aryl methyl sites for hydroxylation is 1. The third kappa shape index (κ3) is 3.57. The Morgan fingerprint density at radius 2 is 1.71 bits per heavy atom. The number of aromatic nitrogens is 2. The first-order valence-corrected chi connectivity index (χ1v) is 7.72. The van der Waals surface area contributed by atoms with Crippen LogP contribution < -0.4 is 4.90 Å². The van der Waals surface area contributed by atoms with Gasteiger partial charge in [-0.05, 0) is 35.9 Å². The number of halogens is 6. The van der Waals surface area contributed by atoms with E-state index in [0.29, 0.717) is 4.90 Å². The maximum Gasteiger partial charge on any atom is 0.437 e. The molecule has 0 unspecified atom stereocenters. The minimum atomic E-state index is -4.86. The summed E-state index contributed by atoms with van der Waals surface area (Å²) < 4.78 is 81.4. The number of rotatable bonds is 4. The Labute approximate surface area is 154 Å². The second-order valence-electron chi connectivity index (χ2n) is 5.80. The van der Waals surface area contributed by atoms with E-state index in [0.717, 1.165) is 47.3 Å². The Balaban J connectivity index is 2.23. The highest BCUT2D eigenvalue weighted by molar-refractivity contribution is 5.94. The van der Waals surface area contributed by atoms with Crippen molar-refractivity contribution >= 4 is 17.8 Å². The molecule has 0 aliphatic rings. The average Bonchev–Trinajstić information content (AvgIpc) is 3.01. The summed E-state index contributed by atoms with van der Waals surface area (Å²) in [7, 11) is 1.24. The molecular weight excluding hydrogens is 388 g/mol. The van der Waals surface area contributed by atoms with Crippen LogP contribution in [0.2, 0.25) is 0 Å². The van der Waals surface area contributed by atoms with Crippen LogP contribution in [0.4, 0.5) is 37.7 Å². The van der Waals surface area contributed by atoms with Crippen LogP contribution in [0.5, 0.6) is 0 Å². The molecule has 0 aliphatic carbocycles. The van der Waals surface area contributed by atoms with E-state index in [-0.39, 0.29) is 23.2 Å². The fraction of sp³-hybridized carbons (Fsp3) is 0.111. The number of anilines is 2. The van der Waals surface area contributed by atoms with Gasteiger partial charge in [0.25, 0.3) is 0 Å².